The summed E-state index contributed by atoms with van der Waals surface area (Å²) < 4.78 is 1.39. The Morgan fingerprint density at radius 1 is 1.53 bits per heavy atom. The molecule has 0 aliphatic heterocycles. The first-order chi connectivity index (χ1) is 7.18. The number of nitrogen functional groups attached to an aromatic ring is 1. The third kappa shape index (κ3) is 1.68. The largest absolute Gasteiger partial charge is 0.481 e. The molecule has 0 bridgehead atoms. The van der Waals surface area contributed by atoms with Crippen molar-refractivity contribution < 1.29 is 9.90 Å². The van der Waals surface area contributed by atoms with Gasteiger partial charge in [-0.1, -0.05) is 5.21 Å². The third-order valence-corrected chi connectivity index (χ3v) is 1.87. The molecule has 15 heavy (non-hydrogen) atoms. The Hall–Kier alpha value is -2.25. The van der Waals surface area contributed by atoms with Crippen molar-refractivity contribution >= 4 is 23.0 Å². The van der Waals surface area contributed by atoms with Crippen LogP contribution in [0, 0.1) is 0 Å². The number of carbonyl (C=O) groups is 1. The quantitative estimate of drug-likeness (QED) is 0.682. The molecule has 2 heterocycles. The lowest BCUT2D eigenvalue weighted by molar-refractivity contribution is -0.137. The highest BCUT2D eigenvalue weighted by molar-refractivity contribution is 5.80. The number of hydrogen-bond acceptors (Lipinski definition) is 6. The minimum atomic E-state index is -0.902. The standard InChI is InChI=1S/C7H8N6O2/c8-6-5-7(10-3-9-6)13(12-11-5)2-1-4(14)15/h3H,1-2H2,(H,14,15)(H2,8,9,10). The topological polar surface area (TPSA) is 120 Å². The summed E-state index contributed by atoms with van der Waals surface area (Å²) in [6.45, 7) is 0.211. The molecule has 0 aliphatic carbocycles. The Labute approximate surface area is 83.7 Å². The van der Waals surface area contributed by atoms with Crippen LogP contribution in [0.3, 0.4) is 0 Å². The number of aromatic nitrogens is 5. The van der Waals surface area contributed by atoms with Gasteiger partial charge in [0.1, 0.15) is 6.33 Å². The van der Waals surface area contributed by atoms with Crippen LogP contribution in [0.25, 0.3) is 11.2 Å². The predicted octanol–water partition coefficient (Wildman–Crippen LogP) is -0.722. The SMILES string of the molecule is Nc1ncnc2c1nnn2CCC(=O)O. The Morgan fingerprint density at radius 3 is 3.07 bits per heavy atom. The predicted molar refractivity (Wildman–Crippen MR) is 49.8 cm³/mol. The van der Waals surface area contributed by atoms with Crippen LogP contribution in [-0.2, 0) is 11.3 Å². The Bertz CT molecular complexity index is 507. The number of aliphatic carboxylic acids is 1. The van der Waals surface area contributed by atoms with E-state index in [1.54, 1.807) is 0 Å². The average molecular weight is 208 g/mol. The van der Waals surface area contributed by atoms with E-state index >= 15 is 0 Å². The maximum absolute atomic E-state index is 10.4. The molecule has 0 spiro atoms. The van der Waals surface area contributed by atoms with Crippen LogP contribution >= 0.6 is 0 Å². The summed E-state index contributed by atoms with van der Waals surface area (Å²) in [6, 6.07) is 0. The molecule has 0 atom stereocenters. The smallest absolute Gasteiger partial charge is 0.305 e. The zero-order valence-electron chi connectivity index (χ0n) is 7.66. The molecule has 0 aliphatic rings. The van der Waals surface area contributed by atoms with Gasteiger partial charge in [0, 0.05) is 0 Å². The molecule has 2 rings (SSSR count). The number of rotatable bonds is 3. The van der Waals surface area contributed by atoms with E-state index in [1.165, 1.54) is 11.0 Å². The molecule has 2 aromatic rings. The van der Waals surface area contributed by atoms with Crippen molar-refractivity contribution in [3.05, 3.63) is 6.33 Å². The summed E-state index contributed by atoms with van der Waals surface area (Å²) in [5.41, 5.74) is 6.38. The maximum atomic E-state index is 10.4. The van der Waals surface area contributed by atoms with E-state index < -0.39 is 5.97 Å². The number of fused-ring (bicyclic) bond motifs is 1. The highest BCUT2D eigenvalue weighted by atomic mass is 16.4. The lowest BCUT2D eigenvalue weighted by atomic mass is 10.4. The second kappa shape index (κ2) is 3.48. The minimum Gasteiger partial charge on any atom is -0.481 e. The van der Waals surface area contributed by atoms with E-state index in [4.69, 9.17) is 10.8 Å². The highest BCUT2D eigenvalue weighted by Gasteiger charge is 2.09. The first kappa shape index (κ1) is 9.31. The second-order valence-corrected chi connectivity index (χ2v) is 2.89. The van der Waals surface area contributed by atoms with Crippen molar-refractivity contribution in [3.63, 3.8) is 0 Å². The van der Waals surface area contributed by atoms with E-state index in [9.17, 15) is 4.79 Å². The summed E-state index contributed by atoms with van der Waals surface area (Å²) in [6.07, 6.45) is 1.25. The van der Waals surface area contributed by atoms with Gasteiger partial charge in [-0.05, 0) is 0 Å². The molecule has 0 saturated carbocycles. The lowest BCUT2D eigenvalue weighted by Crippen LogP contribution is -2.06. The minimum absolute atomic E-state index is 0.0393. The first-order valence-corrected chi connectivity index (χ1v) is 4.20. The van der Waals surface area contributed by atoms with Gasteiger partial charge >= 0.3 is 5.97 Å². The van der Waals surface area contributed by atoms with Crippen LogP contribution < -0.4 is 5.73 Å². The van der Waals surface area contributed by atoms with Gasteiger partial charge in [-0.2, -0.15) is 0 Å². The molecule has 78 valence electrons. The number of anilines is 1. The van der Waals surface area contributed by atoms with Gasteiger partial charge in [0.15, 0.2) is 17.0 Å². The first-order valence-electron chi connectivity index (χ1n) is 4.20. The van der Waals surface area contributed by atoms with Crippen LogP contribution in [0.15, 0.2) is 6.33 Å². The van der Waals surface area contributed by atoms with Crippen molar-refractivity contribution in [2.75, 3.05) is 5.73 Å². The molecule has 0 fully saturated rings. The van der Waals surface area contributed by atoms with Gasteiger partial charge in [0.2, 0.25) is 0 Å². The maximum Gasteiger partial charge on any atom is 0.305 e. The van der Waals surface area contributed by atoms with Crippen molar-refractivity contribution in [3.8, 4) is 0 Å². The lowest BCUT2D eigenvalue weighted by Gasteiger charge is -1.97. The van der Waals surface area contributed by atoms with E-state index in [-0.39, 0.29) is 18.8 Å². The highest BCUT2D eigenvalue weighted by Crippen LogP contribution is 2.12. The summed E-state index contributed by atoms with van der Waals surface area (Å²) in [5, 5.41) is 16.0. The van der Waals surface area contributed by atoms with Crippen molar-refractivity contribution in [1.82, 2.24) is 25.0 Å². The molecule has 0 aromatic carbocycles. The number of aryl methyl sites for hydroxylation is 1. The van der Waals surface area contributed by atoms with Crippen LogP contribution in [0.4, 0.5) is 5.82 Å². The molecular formula is C7H8N6O2. The Morgan fingerprint density at radius 2 is 2.33 bits per heavy atom. The Balaban J connectivity index is 2.37. The molecule has 0 amide bonds. The van der Waals surface area contributed by atoms with E-state index in [0.29, 0.717) is 11.2 Å². The molecule has 0 saturated heterocycles. The zero-order chi connectivity index (χ0) is 10.8. The van der Waals surface area contributed by atoms with Crippen molar-refractivity contribution in [2.45, 2.75) is 13.0 Å². The molecule has 8 nitrogen and oxygen atoms in total. The average Bonchev–Trinajstić information content (AvgIpc) is 2.59. The molecule has 8 heteroatoms. The fraction of sp³-hybridized carbons (Fsp3) is 0.286. The second-order valence-electron chi connectivity index (χ2n) is 2.89. The Kier molecular flexibility index (Phi) is 2.16. The monoisotopic (exact) mass is 208 g/mol. The molecule has 2 aromatic heterocycles. The summed E-state index contributed by atoms with van der Waals surface area (Å²) in [5.74, 6) is -0.665. The number of carboxylic acids is 1. The van der Waals surface area contributed by atoms with Gasteiger partial charge in [-0.15, -0.1) is 5.10 Å². The number of carboxylic acid groups (broad SMARTS) is 1. The summed E-state index contributed by atoms with van der Waals surface area (Å²) in [4.78, 5) is 18.1. The zero-order valence-corrected chi connectivity index (χ0v) is 7.66. The van der Waals surface area contributed by atoms with Gasteiger partial charge in [-0.3, -0.25) is 4.79 Å². The number of hydrogen-bond donors (Lipinski definition) is 2. The summed E-state index contributed by atoms with van der Waals surface area (Å²) in [7, 11) is 0. The van der Waals surface area contributed by atoms with Crippen LogP contribution in [0.5, 0.6) is 0 Å². The fourth-order valence-corrected chi connectivity index (χ4v) is 1.16. The van der Waals surface area contributed by atoms with E-state index in [0.717, 1.165) is 0 Å². The number of nitrogens with zero attached hydrogens (tertiary/aromatic N) is 5. The molecule has 0 radical (unpaired) electrons. The van der Waals surface area contributed by atoms with E-state index in [2.05, 4.69) is 20.3 Å². The molecular weight excluding hydrogens is 200 g/mol. The van der Waals surface area contributed by atoms with Gasteiger partial charge in [0.25, 0.3) is 0 Å². The van der Waals surface area contributed by atoms with Crippen molar-refractivity contribution in [1.29, 1.82) is 0 Å². The molecule has 0 unspecified atom stereocenters. The van der Waals surface area contributed by atoms with Crippen molar-refractivity contribution in [2.24, 2.45) is 0 Å². The molecule has 3 N–H and O–H groups in total. The third-order valence-electron chi connectivity index (χ3n) is 1.87. The van der Waals surface area contributed by atoms with E-state index in [1.807, 2.05) is 0 Å². The van der Waals surface area contributed by atoms with Crippen LogP contribution in [0.2, 0.25) is 0 Å². The van der Waals surface area contributed by atoms with Crippen LogP contribution in [0.1, 0.15) is 6.42 Å². The fourth-order valence-electron chi connectivity index (χ4n) is 1.16. The van der Waals surface area contributed by atoms with Gasteiger partial charge in [0.05, 0.1) is 13.0 Å². The normalized spacial score (nSPS) is 10.7. The van der Waals surface area contributed by atoms with Crippen LogP contribution in [-0.4, -0.2) is 36.0 Å². The van der Waals surface area contributed by atoms with Gasteiger partial charge in [-0.25, -0.2) is 14.6 Å². The van der Waals surface area contributed by atoms with Gasteiger partial charge < -0.3 is 10.8 Å². The number of nitrogens with two attached hydrogens (primary N) is 1. The summed E-state index contributed by atoms with van der Waals surface area (Å²) >= 11 is 0.